The zero-order valence-electron chi connectivity index (χ0n) is 15.8. The van der Waals surface area contributed by atoms with Gasteiger partial charge in [0.05, 0.1) is 23.6 Å². The molecule has 8 heteroatoms. The number of hydrogen-bond acceptors (Lipinski definition) is 6. The number of hydrogen-bond donors (Lipinski definition) is 1. The van der Waals surface area contributed by atoms with Gasteiger partial charge in [0.25, 0.3) is 0 Å². The van der Waals surface area contributed by atoms with E-state index >= 15 is 0 Å². The third kappa shape index (κ3) is 4.75. The van der Waals surface area contributed by atoms with Crippen molar-refractivity contribution in [1.29, 1.82) is 0 Å². The van der Waals surface area contributed by atoms with Crippen LogP contribution in [0.25, 0.3) is 0 Å². The predicted octanol–water partition coefficient (Wildman–Crippen LogP) is 3.56. The van der Waals surface area contributed by atoms with E-state index in [1.165, 1.54) is 11.8 Å². The van der Waals surface area contributed by atoms with Gasteiger partial charge in [-0.1, -0.05) is 31.5 Å². The highest BCUT2D eigenvalue weighted by molar-refractivity contribution is 7.99. The molecule has 2 aromatic rings. The van der Waals surface area contributed by atoms with Gasteiger partial charge in [0.1, 0.15) is 6.33 Å². The van der Waals surface area contributed by atoms with Gasteiger partial charge in [-0.15, -0.1) is 10.2 Å². The summed E-state index contributed by atoms with van der Waals surface area (Å²) in [7, 11) is 0. The van der Waals surface area contributed by atoms with Gasteiger partial charge >= 0.3 is 5.97 Å². The minimum atomic E-state index is -0.402. The highest BCUT2D eigenvalue weighted by Gasteiger charge is 2.23. The predicted molar refractivity (Wildman–Crippen MR) is 101 cm³/mol. The van der Waals surface area contributed by atoms with Crippen LogP contribution in [-0.2, 0) is 11.3 Å². The number of aryl methyl sites for hydroxylation is 2. The molecule has 26 heavy (non-hydrogen) atoms. The number of ketones is 1. The number of H-pyrrole nitrogens is 1. The van der Waals surface area contributed by atoms with E-state index in [1.807, 2.05) is 4.57 Å². The Bertz CT molecular complexity index is 767. The second kappa shape index (κ2) is 9.56. The normalized spacial score (nSPS) is 10.9. The van der Waals surface area contributed by atoms with Crippen LogP contribution in [0.4, 0.5) is 0 Å². The molecule has 0 saturated carbocycles. The summed E-state index contributed by atoms with van der Waals surface area (Å²) in [5, 5.41) is 8.78. The summed E-state index contributed by atoms with van der Waals surface area (Å²) in [6, 6.07) is 0. The van der Waals surface area contributed by atoms with Crippen LogP contribution < -0.4 is 0 Å². The number of carbonyl (C=O) groups is 2. The Morgan fingerprint density at radius 1 is 1.27 bits per heavy atom. The average molecular weight is 378 g/mol. The maximum Gasteiger partial charge on any atom is 0.340 e. The fourth-order valence-electron chi connectivity index (χ4n) is 2.78. The number of thioether (sulfide) groups is 1. The standard InChI is InChI=1S/C18H26N4O3S/c1-5-7-8-9-22-11-19-21-18(22)26-10-14(23)16-12(3)15(13(4)20-16)17(24)25-6-2/h11,20H,5-10H2,1-4H3. The molecule has 1 N–H and O–H groups in total. The lowest BCUT2D eigenvalue weighted by Crippen LogP contribution is -2.09. The summed E-state index contributed by atoms with van der Waals surface area (Å²) < 4.78 is 7.04. The quantitative estimate of drug-likeness (QED) is 0.294. The van der Waals surface area contributed by atoms with E-state index in [0.29, 0.717) is 29.1 Å². The Kier molecular flexibility index (Phi) is 7.44. The van der Waals surface area contributed by atoms with Gasteiger partial charge in [0.15, 0.2) is 10.9 Å². The molecule has 2 aromatic heterocycles. The van der Waals surface area contributed by atoms with E-state index in [4.69, 9.17) is 4.74 Å². The van der Waals surface area contributed by atoms with Crippen molar-refractivity contribution in [3.8, 4) is 0 Å². The number of nitrogens with zero attached hydrogens (tertiary/aromatic N) is 3. The van der Waals surface area contributed by atoms with Crippen molar-refractivity contribution < 1.29 is 14.3 Å². The third-order valence-electron chi connectivity index (χ3n) is 4.11. The summed E-state index contributed by atoms with van der Waals surface area (Å²) >= 11 is 1.36. The number of aromatic amines is 1. The van der Waals surface area contributed by atoms with Crippen LogP contribution in [-0.4, -0.2) is 43.9 Å². The number of esters is 1. The topological polar surface area (TPSA) is 89.9 Å². The van der Waals surface area contributed by atoms with Crippen LogP contribution in [0.5, 0.6) is 0 Å². The largest absolute Gasteiger partial charge is 0.462 e. The number of aromatic nitrogens is 4. The summed E-state index contributed by atoms with van der Waals surface area (Å²) in [4.78, 5) is 27.7. The number of carbonyl (C=O) groups excluding carboxylic acids is 2. The van der Waals surface area contributed by atoms with Crippen molar-refractivity contribution in [3.63, 3.8) is 0 Å². The number of nitrogens with one attached hydrogen (secondary N) is 1. The Hall–Kier alpha value is -2.09. The van der Waals surface area contributed by atoms with Gasteiger partial charge in [-0.05, 0) is 32.8 Å². The van der Waals surface area contributed by atoms with Crippen molar-refractivity contribution in [2.75, 3.05) is 12.4 Å². The van der Waals surface area contributed by atoms with Crippen molar-refractivity contribution in [2.45, 2.75) is 58.7 Å². The van der Waals surface area contributed by atoms with Crippen molar-refractivity contribution in [3.05, 3.63) is 28.8 Å². The maximum absolute atomic E-state index is 12.6. The molecule has 2 heterocycles. The number of unbranched alkanes of at least 4 members (excludes halogenated alkanes) is 2. The molecule has 0 atom stereocenters. The highest BCUT2D eigenvalue weighted by Crippen LogP contribution is 2.22. The molecule has 0 spiro atoms. The zero-order chi connectivity index (χ0) is 19.1. The first-order chi connectivity index (χ1) is 12.5. The molecule has 0 aliphatic rings. The van der Waals surface area contributed by atoms with Crippen LogP contribution in [0.2, 0.25) is 0 Å². The van der Waals surface area contributed by atoms with E-state index in [9.17, 15) is 9.59 Å². The third-order valence-corrected chi connectivity index (χ3v) is 5.09. The molecule has 0 aliphatic carbocycles. The van der Waals surface area contributed by atoms with Gasteiger partial charge in [-0.25, -0.2) is 4.79 Å². The van der Waals surface area contributed by atoms with E-state index in [1.54, 1.807) is 27.1 Å². The fourth-order valence-corrected chi connectivity index (χ4v) is 3.60. The van der Waals surface area contributed by atoms with E-state index in [-0.39, 0.29) is 11.5 Å². The lowest BCUT2D eigenvalue weighted by Gasteiger charge is -2.05. The average Bonchev–Trinajstić information content (AvgIpc) is 3.17. The summed E-state index contributed by atoms with van der Waals surface area (Å²) in [6.07, 6.45) is 5.06. The molecule has 0 radical (unpaired) electrons. The fraction of sp³-hybridized carbons (Fsp3) is 0.556. The first-order valence-electron chi connectivity index (χ1n) is 8.89. The molecule has 142 valence electrons. The molecule has 7 nitrogen and oxygen atoms in total. The Morgan fingerprint density at radius 3 is 2.73 bits per heavy atom. The summed E-state index contributed by atoms with van der Waals surface area (Å²) in [5.41, 5.74) is 2.19. The van der Waals surface area contributed by atoms with E-state index in [0.717, 1.165) is 31.0 Å². The molecule has 0 bridgehead atoms. The number of rotatable bonds is 10. The summed E-state index contributed by atoms with van der Waals surface area (Å²) in [5.74, 6) is -0.245. The lowest BCUT2D eigenvalue weighted by molar-refractivity contribution is 0.0525. The van der Waals surface area contributed by atoms with E-state index in [2.05, 4.69) is 22.1 Å². The number of ether oxygens (including phenoxy) is 1. The van der Waals surface area contributed by atoms with Crippen LogP contribution in [0.3, 0.4) is 0 Å². The lowest BCUT2D eigenvalue weighted by atomic mass is 10.1. The second-order valence-corrected chi connectivity index (χ2v) is 7.01. The monoisotopic (exact) mass is 378 g/mol. The molecule has 0 amide bonds. The van der Waals surface area contributed by atoms with Gasteiger partial charge < -0.3 is 14.3 Å². The molecule has 0 unspecified atom stereocenters. The second-order valence-electron chi connectivity index (χ2n) is 6.07. The highest BCUT2D eigenvalue weighted by atomic mass is 32.2. The van der Waals surface area contributed by atoms with E-state index < -0.39 is 5.97 Å². The smallest absolute Gasteiger partial charge is 0.340 e. The minimum absolute atomic E-state index is 0.0748. The molecule has 0 saturated heterocycles. The summed E-state index contributed by atoms with van der Waals surface area (Å²) in [6.45, 7) is 8.61. The molecule has 0 fully saturated rings. The molecule has 0 aromatic carbocycles. The Morgan fingerprint density at radius 2 is 2.04 bits per heavy atom. The molecule has 0 aliphatic heterocycles. The minimum Gasteiger partial charge on any atom is -0.462 e. The van der Waals surface area contributed by atoms with Crippen LogP contribution >= 0.6 is 11.8 Å². The Balaban J connectivity index is 2.04. The molecular formula is C18H26N4O3S. The van der Waals surface area contributed by atoms with Gasteiger partial charge in [-0.3, -0.25) is 4.79 Å². The number of Topliss-reactive ketones (excluding diaryl/α,β-unsaturated/α-hetero) is 1. The Labute approximate surface area is 157 Å². The van der Waals surface area contributed by atoms with Gasteiger partial charge in [0.2, 0.25) is 0 Å². The van der Waals surface area contributed by atoms with Crippen LogP contribution in [0.1, 0.15) is 65.2 Å². The van der Waals surface area contributed by atoms with Crippen molar-refractivity contribution >= 4 is 23.5 Å². The van der Waals surface area contributed by atoms with Gasteiger partial charge in [-0.2, -0.15) is 0 Å². The molecule has 2 rings (SSSR count). The maximum atomic E-state index is 12.6. The first kappa shape index (κ1) is 20.2. The van der Waals surface area contributed by atoms with Crippen molar-refractivity contribution in [1.82, 2.24) is 19.7 Å². The van der Waals surface area contributed by atoms with Crippen molar-refractivity contribution in [2.24, 2.45) is 0 Å². The van der Waals surface area contributed by atoms with Crippen LogP contribution in [0.15, 0.2) is 11.5 Å². The van der Waals surface area contributed by atoms with Gasteiger partial charge in [0, 0.05) is 12.2 Å². The molecular weight excluding hydrogens is 352 g/mol. The van der Waals surface area contributed by atoms with Crippen LogP contribution in [0, 0.1) is 13.8 Å². The zero-order valence-corrected chi connectivity index (χ0v) is 16.6. The SMILES string of the molecule is CCCCCn1cnnc1SCC(=O)c1[nH]c(C)c(C(=O)OCC)c1C. The first-order valence-corrected chi connectivity index (χ1v) is 9.88.